The summed E-state index contributed by atoms with van der Waals surface area (Å²) >= 11 is 0. The van der Waals surface area contributed by atoms with E-state index in [-0.39, 0.29) is 6.61 Å². The molecule has 0 fully saturated rings. The largest absolute Gasteiger partial charge is 0.390 e. The number of rotatable bonds is 4. The SMILES string of the molecule is OCc1nc2cccc(NNc3cccc4ncc5ccccc5c34)c2c2ccccc12. The molecule has 32 heavy (non-hydrogen) atoms. The van der Waals surface area contributed by atoms with Crippen LogP contribution in [0.2, 0.25) is 0 Å². The van der Waals surface area contributed by atoms with Crippen molar-refractivity contribution in [1.82, 2.24) is 9.97 Å². The van der Waals surface area contributed by atoms with Gasteiger partial charge in [-0.1, -0.05) is 60.7 Å². The summed E-state index contributed by atoms with van der Waals surface area (Å²) in [4.78, 5) is 9.33. The number of aromatic nitrogens is 2. The van der Waals surface area contributed by atoms with Crippen molar-refractivity contribution >= 4 is 54.7 Å². The molecule has 4 aromatic carbocycles. The third kappa shape index (κ3) is 2.91. The molecule has 2 aromatic heterocycles. The van der Waals surface area contributed by atoms with Crippen LogP contribution in [0.15, 0.2) is 91.1 Å². The monoisotopic (exact) mass is 416 g/mol. The highest BCUT2D eigenvalue weighted by Crippen LogP contribution is 2.33. The third-order valence-corrected chi connectivity index (χ3v) is 5.90. The lowest BCUT2D eigenvalue weighted by Crippen LogP contribution is -2.10. The fourth-order valence-electron chi connectivity index (χ4n) is 4.45. The molecule has 5 nitrogen and oxygen atoms in total. The zero-order chi connectivity index (χ0) is 21.5. The lowest BCUT2D eigenvalue weighted by molar-refractivity contribution is 0.279. The molecule has 3 N–H and O–H groups in total. The Bertz CT molecular complexity index is 1630. The minimum absolute atomic E-state index is 0.0948. The molecule has 0 aliphatic carbocycles. The summed E-state index contributed by atoms with van der Waals surface area (Å²) in [7, 11) is 0. The second-order valence-electron chi connectivity index (χ2n) is 7.76. The number of pyridine rings is 2. The van der Waals surface area contributed by atoms with Crippen LogP contribution < -0.4 is 10.9 Å². The van der Waals surface area contributed by atoms with E-state index >= 15 is 0 Å². The molecule has 154 valence electrons. The summed E-state index contributed by atoms with van der Waals surface area (Å²) in [6.07, 6.45) is 1.91. The van der Waals surface area contributed by atoms with E-state index in [2.05, 4.69) is 40.1 Å². The number of benzene rings is 4. The second-order valence-corrected chi connectivity index (χ2v) is 7.76. The van der Waals surface area contributed by atoms with Gasteiger partial charge in [-0.25, -0.2) is 4.98 Å². The first-order valence-corrected chi connectivity index (χ1v) is 10.5. The summed E-state index contributed by atoms with van der Waals surface area (Å²) in [5.41, 5.74) is 11.2. The number of nitrogens with one attached hydrogen (secondary N) is 2. The highest BCUT2D eigenvalue weighted by atomic mass is 16.3. The molecule has 5 heteroatoms. The lowest BCUT2D eigenvalue weighted by atomic mass is 10.0. The van der Waals surface area contributed by atoms with Gasteiger partial charge in [-0.05, 0) is 35.0 Å². The summed E-state index contributed by atoms with van der Waals surface area (Å²) in [5, 5.41) is 16.2. The van der Waals surface area contributed by atoms with Gasteiger partial charge in [0.05, 0.1) is 34.7 Å². The van der Waals surface area contributed by atoms with Crippen LogP contribution in [0.5, 0.6) is 0 Å². The Labute approximate surface area is 184 Å². The molecule has 0 saturated carbocycles. The smallest absolute Gasteiger partial charge is 0.0859 e. The Morgan fingerprint density at radius 3 is 2.00 bits per heavy atom. The molecule has 2 heterocycles. The predicted octanol–water partition coefficient (Wildman–Crippen LogP) is 6.02. The molecule has 0 bridgehead atoms. The Morgan fingerprint density at radius 2 is 1.25 bits per heavy atom. The fraction of sp³-hybridized carbons (Fsp3) is 0.0370. The number of hydrogen-bond acceptors (Lipinski definition) is 5. The van der Waals surface area contributed by atoms with Gasteiger partial charge in [-0.2, -0.15) is 0 Å². The maximum atomic E-state index is 9.81. The molecule has 0 saturated heterocycles. The molecule has 0 aliphatic rings. The van der Waals surface area contributed by atoms with Crippen molar-refractivity contribution in [2.24, 2.45) is 0 Å². The Balaban J connectivity index is 1.50. The maximum Gasteiger partial charge on any atom is 0.0859 e. The Kier molecular flexibility index (Phi) is 4.33. The molecule has 0 amide bonds. The zero-order valence-corrected chi connectivity index (χ0v) is 17.2. The third-order valence-electron chi connectivity index (χ3n) is 5.90. The first kappa shape index (κ1) is 18.5. The average molecular weight is 416 g/mol. The number of hydrogen-bond donors (Lipinski definition) is 3. The first-order chi connectivity index (χ1) is 15.8. The average Bonchev–Trinajstić information content (AvgIpc) is 2.86. The van der Waals surface area contributed by atoms with Crippen molar-refractivity contribution in [3.05, 3.63) is 96.8 Å². The zero-order valence-electron chi connectivity index (χ0n) is 17.2. The fourth-order valence-corrected chi connectivity index (χ4v) is 4.45. The van der Waals surface area contributed by atoms with E-state index in [0.717, 1.165) is 54.7 Å². The number of hydrazine groups is 1. The van der Waals surface area contributed by atoms with E-state index in [0.29, 0.717) is 5.69 Å². The number of aliphatic hydroxyl groups is 1. The topological polar surface area (TPSA) is 70.1 Å². The van der Waals surface area contributed by atoms with Gasteiger partial charge in [-0.15, -0.1) is 0 Å². The van der Waals surface area contributed by atoms with Crippen LogP contribution in [-0.2, 0) is 6.61 Å². The standard InChI is InChI=1S/C27H20N4O/c32-16-25-19-9-3-4-10-20(19)27-22(29-25)12-6-14-24(27)31-30-23-13-5-11-21-26(23)18-8-2-1-7-17(18)15-28-21/h1-15,30-32H,16H2. The van der Waals surface area contributed by atoms with Crippen LogP contribution in [0.1, 0.15) is 5.69 Å². The number of aliphatic hydroxyl groups excluding tert-OH is 1. The molecule has 6 rings (SSSR count). The molecule has 6 aromatic rings. The van der Waals surface area contributed by atoms with Crippen LogP contribution >= 0.6 is 0 Å². The lowest BCUT2D eigenvalue weighted by Gasteiger charge is -2.16. The van der Waals surface area contributed by atoms with E-state index in [4.69, 9.17) is 4.98 Å². The minimum Gasteiger partial charge on any atom is -0.390 e. The van der Waals surface area contributed by atoms with E-state index < -0.39 is 0 Å². The molecule has 0 atom stereocenters. The van der Waals surface area contributed by atoms with Crippen LogP contribution in [0.3, 0.4) is 0 Å². The number of fused-ring (bicyclic) bond motifs is 6. The number of anilines is 2. The molecule has 0 spiro atoms. The van der Waals surface area contributed by atoms with Crippen LogP contribution in [0, 0.1) is 0 Å². The van der Waals surface area contributed by atoms with E-state index in [1.165, 1.54) is 0 Å². The highest BCUT2D eigenvalue weighted by molar-refractivity contribution is 6.14. The van der Waals surface area contributed by atoms with Gasteiger partial charge in [0.25, 0.3) is 0 Å². The minimum atomic E-state index is -0.0948. The second kappa shape index (κ2) is 7.48. The predicted molar refractivity (Wildman–Crippen MR) is 132 cm³/mol. The van der Waals surface area contributed by atoms with Crippen LogP contribution in [0.4, 0.5) is 11.4 Å². The normalized spacial score (nSPS) is 11.4. The molecule has 0 aliphatic heterocycles. The van der Waals surface area contributed by atoms with E-state index in [1.54, 1.807) is 0 Å². The maximum absolute atomic E-state index is 9.81. The van der Waals surface area contributed by atoms with Crippen molar-refractivity contribution in [3.63, 3.8) is 0 Å². The van der Waals surface area contributed by atoms with Gasteiger partial charge >= 0.3 is 0 Å². The summed E-state index contributed by atoms with van der Waals surface area (Å²) in [6, 6.07) is 28.4. The van der Waals surface area contributed by atoms with Crippen molar-refractivity contribution in [2.75, 3.05) is 10.9 Å². The van der Waals surface area contributed by atoms with Gasteiger partial charge in [0, 0.05) is 27.7 Å². The molecular formula is C27H20N4O. The summed E-state index contributed by atoms with van der Waals surface area (Å²) in [5.74, 6) is 0. The van der Waals surface area contributed by atoms with Crippen LogP contribution in [-0.4, -0.2) is 15.1 Å². The van der Waals surface area contributed by atoms with Gasteiger partial charge in [0.2, 0.25) is 0 Å². The van der Waals surface area contributed by atoms with E-state index in [9.17, 15) is 5.11 Å². The van der Waals surface area contributed by atoms with Gasteiger partial charge in [0.15, 0.2) is 0 Å². The van der Waals surface area contributed by atoms with Gasteiger partial charge in [-0.3, -0.25) is 4.98 Å². The van der Waals surface area contributed by atoms with Crippen LogP contribution in [0.25, 0.3) is 43.4 Å². The Hall–Kier alpha value is -4.22. The van der Waals surface area contributed by atoms with Gasteiger partial charge in [0.1, 0.15) is 0 Å². The van der Waals surface area contributed by atoms with Crippen molar-refractivity contribution in [3.8, 4) is 0 Å². The van der Waals surface area contributed by atoms with Gasteiger partial charge < -0.3 is 16.0 Å². The first-order valence-electron chi connectivity index (χ1n) is 10.5. The quantitative estimate of drug-likeness (QED) is 0.242. The molecule has 0 radical (unpaired) electrons. The van der Waals surface area contributed by atoms with E-state index in [1.807, 2.05) is 66.9 Å². The number of nitrogens with zero attached hydrogens (tertiary/aromatic N) is 2. The van der Waals surface area contributed by atoms with Crippen molar-refractivity contribution in [1.29, 1.82) is 0 Å². The molecule has 0 unspecified atom stereocenters. The Morgan fingerprint density at radius 1 is 0.625 bits per heavy atom. The molecular weight excluding hydrogens is 396 g/mol. The van der Waals surface area contributed by atoms with Crippen molar-refractivity contribution in [2.45, 2.75) is 6.61 Å². The summed E-state index contributed by atoms with van der Waals surface area (Å²) in [6.45, 7) is -0.0948. The highest BCUT2D eigenvalue weighted by Gasteiger charge is 2.12. The van der Waals surface area contributed by atoms with Crippen molar-refractivity contribution < 1.29 is 5.11 Å². The summed E-state index contributed by atoms with van der Waals surface area (Å²) < 4.78 is 0.